The van der Waals surface area contributed by atoms with Crippen LogP contribution in [0, 0.1) is 0 Å². The van der Waals surface area contributed by atoms with Crippen LogP contribution in [0.1, 0.15) is 19.4 Å². The lowest BCUT2D eigenvalue weighted by Crippen LogP contribution is -2.41. The van der Waals surface area contributed by atoms with Crippen LogP contribution in [-0.4, -0.2) is 45.5 Å². The van der Waals surface area contributed by atoms with Crippen molar-refractivity contribution in [1.82, 2.24) is 5.32 Å². The SMILES string of the molecule is COc1ccc(/C=C/C(=O)N[C@@H](C)C(=O)OC(C)C(=O)Nc2cccc(S(N)(=O)=O)c2)cc1. The molecule has 176 valence electrons. The van der Waals surface area contributed by atoms with Gasteiger partial charge < -0.3 is 20.1 Å². The van der Waals surface area contributed by atoms with Crippen LogP contribution in [0.5, 0.6) is 5.75 Å². The topological polar surface area (TPSA) is 154 Å². The minimum absolute atomic E-state index is 0.166. The maximum absolute atomic E-state index is 12.3. The number of hydrogen-bond donors (Lipinski definition) is 3. The second kappa shape index (κ2) is 11.2. The first-order chi connectivity index (χ1) is 15.5. The van der Waals surface area contributed by atoms with Crippen molar-refractivity contribution in [3.8, 4) is 5.75 Å². The number of amides is 2. The molecule has 2 aromatic carbocycles. The zero-order valence-electron chi connectivity index (χ0n) is 18.3. The van der Waals surface area contributed by atoms with Gasteiger partial charge in [-0.05, 0) is 55.8 Å². The number of nitrogens with one attached hydrogen (secondary N) is 2. The summed E-state index contributed by atoms with van der Waals surface area (Å²) >= 11 is 0. The van der Waals surface area contributed by atoms with E-state index >= 15 is 0 Å². The van der Waals surface area contributed by atoms with Gasteiger partial charge in [-0.25, -0.2) is 18.4 Å². The van der Waals surface area contributed by atoms with Crippen LogP contribution >= 0.6 is 0 Å². The Morgan fingerprint density at radius 1 is 1.06 bits per heavy atom. The molecule has 1 unspecified atom stereocenters. The molecule has 4 N–H and O–H groups in total. The van der Waals surface area contributed by atoms with E-state index in [0.29, 0.717) is 5.75 Å². The number of hydrogen-bond acceptors (Lipinski definition) is 7. The van der Waals surface area contributed by atoms with Gasteiger partial charge in [-0.15, -0.1) is 0 Å². The molecular formula is C22H25N3O7S. The smallest absolute Gasteiger partial charge is 0.329 e. The molecular weight excluding hydrogens is 450 g/mol. The largest absolute Gasteiger partial charge is 0.497 e. The molecule has 0 spiro atoms. The van der Waals surface area contributed by atoms with Crippen molar-refractivity contribution in [2.24, 2.45) is 5.14 Å². The molecule has 0 saturated carbocycles. The second-order valence-electron chi connectivity index (χ2n) is 6.98. The Morgan fingerprint density at radius 2 is 1.73 bits per heavy atom. The van der Waals surface area contributed by atoms with Crippen LogP contribution in [0.2, 0.25) is 0 Å². The molecule has 10 nitrogen and oxygen atoms in total. The highest BCUT2D eigenvalue weighted by Gasteiger charge is 2.23. The zero-order chi connectivity index (χ0) is 24.6. The molecule has 11 heteroatoms. The zero-order valence-corrected chi connectivity index (χ0v) is 19.1. The van der Waals surface area contributed by atoms with Gasteiger partial charge in [0.05, 0.1) is 12.0 Å². The Morgan fingerprint density at radius 3 is 2.33 bits per heavy atom. The number of rotatable bonds is 9. The van der Waals surface area contributed by atoms with E-state index in [9.17, 15) is 22.8 Å². The summed E-state index contributed by atoms with van der Waals surface area (Å²) in [5.74, 6) is -1.34. The Kier molecular flexibility index (Phi) is 8.71. The number of primary sulfonamides is 1. The van der Waals surface area contributed by atoms with Crippen molar-refractivity contribution in [2.75, 3.05) is 12.4 Å². The molecule has 0 bridgehead atoms. The van der Waals surface area contributed by atoms with Crippen LogP contribution < -0.4 is 20.5 Å². The number of carbonyl (C=O) groups excluding carboxylic acids is 3. The Labute approximate surface area is 191 Å². The fraction of sp³-hybridized carbons (Fsp3) is 0.227. The number of ether oxygens (including phenoxy) is 2. The summed E-state index contributed by atoms with van der Waals surface area (Å²) in [5.41, 5.74) is 0.928. The number of anilines is 1. The van der Waals surface area contributed by atoms with Crippen molar-refractivity contribution in [3.63, 3.8) is 0 Å². The van der Waals surface area contributed by atoms with Gasteiger partial charge in [-0.2, -0.15) is 0 Å². The quantitative estimate of drug-likeness (QED) is 0.366. The monoisotopic (exact) mass is 475 g/mol. The number of benzene rings is 2. The van der Waals surface area contributed by atoms with Gasteiger partial charge >= 0.3 is 5.97 Å². The van der Waals surface area contributed by atoms with Crippen molar-refractivity contribution in [3.05, 3.63) is 60.2 Å². The van der Waals surface area contributed by atoms with E-state index in [1.807, 2.05) is 0 Å². The molecule has 0 aliphatic rings. The molecule has 0 aliphatic carbocycles. The third-order valence-corrected chi connectivity index (χ3v) is 5.26. The molecule has 2 atom stereocenters. The van der Waals surface area contributed by atoms with Crippen LogP contribution in [-0.2, 0) is 29.1 Å². The van der Waals surface area contributed by atoms with Gasteiger partial charge in [0.2, 0.25) is 15.9 Å². The van der Waals surface area contributed by atoms with E-state index in [1.165, 1.54) is 44.2 Å². The number of esters is 1. The first-order valence-electron chi connectivity index (χ1n) is 9.76. The maximum Gasteiger partial charge on any atom is 0.329 e. The van der Waals surface area contributed by atoms with Crippen molar-refractivity contribution >= 4 is 39.6 Å². The average molecular weight is 476 g/mol. The van der Waals surface area contributed by atoms with Crippen LogP contribution in [0.4, 0.5) is 5.69 Å². The molecule has 2 rings (SSSR count). The molecule has 2 aromatic rings. The van der Waals surface area contributed by atoms with E-state index in [0.717, 1.165) is 5.56 Å². The fourth-order valence-corrected chi connectivity index (χ4v) is 3.09. The summed E-state index contributed by atoms with van der Waals surface area (Å²) in [5, 5.41) is 9.96. The van der Waals surface area contributed by atoms with Crippen molar-refractivity contribution in [2.45, 2.75) is 30.9 Å². The summed E-state index contributed by atoms with van der Waals surface area (Å²) < 4.78 is 33.0. The lowest BCUT2D eigenvalue weighted by Gasteiger charge is -2.17. The Balaban J connectivity index is 1.88. The predicted octanol–water partition coefficient (Wildman–Crippen LogP) is 1.43. The highest BCUT2D eigenvalue weighted by atomic mass is 32.2. The maximum atomic E-state index is 12.3. The van der Waals surface area contributed by atoms with Gasteiger partial charge in [0, 0.05) is 11.8 Å². The summed E-state index contributed by atoms with van der Waals surface area (Å²) in [4.78, 5) is 36.4. The number of carbonyl (C=O) groups is 3. The third kappa shape index (κ3) is 8.05. The number of nitrogens with two attached hydrogens (primary N) is 1. The summed E-state index contributed by atoms with van der Waals surface area (Å²) in [6.07, 6.45) is 1.63. The van der Waals surface area contributed by atoms with Gasteiger partial charge in [-0.1, -0.05) is 18.2 Å². The highest BCUT2D eigenvalue weighted by molar-refractivity contribution is 7.89. The summed E-state index contributed by atoms with van der Waals surface area (Å²) in [6, 6.07) is 11.3. The number of methoxy groups -OCH3 is 1. The first-order valence-corrected chi connectivity index (χ1v) is 11.3. The van der Waals surface area contributed by atoms with Crippen LogP contribution in [0.3, 0.4) is 0 Å². The molecule has 0 saturated heterocycles. The van der Waals surface area contributed by atoms with E-state index in [4.69, 9.17) is 14.6 Å². The first kappa shape index (κ1) is 25.6. The van der Waals surface area contributed by atoms with E-state index in [1.54, 1.807) is 37.5 Å². The lowest BCUT2D eigenvalue weighted by atomic mass is 10.2. The number of sulfonamides is 1. The minimum atomic E-state index is -3.94. The molecule has 2 amide bonds. The molecule has 33 heavy (non-hydrogen) atoms. The van der Waals surface area contributed by atoms with E-state index < -0.39 is 40.0 Å². The third-order valence-electron chi connectivity index (χ3n) is 4.35. The van der Waals surface area contributed by atoms with Gasteiger partial charge in [-0.3, -0.25) is 9.59 Å². The van der Waals surface area contributed by atoms with Crippen molar-refractivity contribution < 1.29 is 32.3 Å². The Hall–Kier alpha value is -3.70. The summed E-state index contributed by atoms with van der Waals surface area (Å²) in [7, 11) is -2.39. The van der Waals surface area contributed by atoms with Gasteiger partial charge in [0.15, 0.2) is 6.10 Å². The molecule has 0 aromatic heterocycles. The van der Waals surface area contributed by atoms with Gasteiger partial charge in [0.25, 0.3) is 5.91 Å². The molecule has 0 radical (unpaired) electrons. The normalized spacial score (nSPS) is 13.1. The second-order valence-corrected chi connectivity index (χ2v) is 8.54. The van der Waals surface area contributed by atoms with Gasteiger partial charge in [0.1, 0.15) is 11.8 Å². The minimum Gasteiger partial charge on any atom is -0.497 e. The van der Waals surface area contributed by atoms with Crippen molar-refractivity contribution in [1.29, 1.82) is 0 Å². The lowest BCUT2D eigenvalue weighted by molar-refractivity contribution is -0.155. The van der Waals surface area contributed by atoms with E-state index in [-0.39, 0.29) is 10.6 Å². The average Bonchev–Trinajstić information content (AvgIpc) is 2.77. The molecule has 0 aliphatic heterocycles. The predicted molar refractivity (Wildman–Crippen MR) is 122 cm³/mol. The standard InChI is InChI=1S/C22H25N3O7S/c1-14(24-20(26)12-9-16-7-10-18(31-3)11-8-16)22(28)32-15(2)21(27)25-17-5-4-6-19(13-17)33(23,29)30/h4-15H,1-3H3,(H,24,26)(H,25,27)(H2,23,29,30)/b12-9+/t14-,15?/m0/s1. The molecule has 0 fully saturated rings. The fourth-order valence-electron chi connectivity index (χ4n) is 2.53. The summed E-state index contributed by atoms with van der Waals surface area (Å²) in [6.45, 7) is 2.76. The highest BCUT2D eigenvalue weighted by Crippen LogP contribution is 2.15. The van der Waals surface area contributed by atoms with Crippen LogP contribution in [0.15, 0.2) is 59.5 Å². The molecule has 0 heterocycles. The van der Waals surface area contributed by atoms with E-state index in [2.05, 4.69) is 10.6 Å². The Bertz CT molecular complexity index is 1140. The van der Waals surface area contributed by atoms with Crippen LogP contribution in [0.25, 0.3) is 6.08 Å².